The smallest absolute Gasteiger partial charge is 0.251 e. The van der Waals surface area contributed by atoms with Crippen molar-refractivity contribution in [3.8, 4) is 17.2 Å². The minimum atomic E-state index is -0.343. The Morgan fingerprint density at radius 3 is 2.44 bits per heavy atom. The molecule has 4 aromatic rings. The summed E-state index contributed by atoms with van der Waals surface area (Å²) in [4.78, 5) is 16.9. The summed E-state index contributed by atoms with van der Waals surface area (Å²) in [7, 11) is 0. The van der Waals surface area contributed by atoms with Gasteiger partial charge >= 0.3 is 0 Å². The van der Waals surface area contributed by atoms with E-state index in [1.807, 2.05) is 38.1 Å². The van der Waals surface area contributed by atoms with Crippen molar-refractivity contribution < 1.29 is 18.3 Å². The molecule has 1 heterocycles. The zero-order valence-corrected chi connectivity index (χ0v) is 17.9. The van der Waals surface area contributed by atoms with E-state index in [1.165, 1.54) is 11.6 Å². The van der Waals surface area contributed by atoms with Crippen LogP contribution in [-0.4, -0.2) is 10.9 Å². The SMILES string of the molecule is Cc1ccc(OCc2nc(-c3ccc(C(=O)NCc4ccccc4F)cc3)oc2C)cc1. The van der Waals surface area contributed by atoms with Gasteiger partial charge < -0.3 is 14.5 Å². The van der Waals surface area contributed by atoms with E-state index in [4.69, 9.17) is 9.15 Å². The average Bonchev–Trinajstić information content (AvgIpc) is 3.18. The van der Waals surface area contributed by atoms with Crippen molar-refractivity contribution in [3.05, 3.63) is 107 Å². The molecule has 0 aliphatic carbocycles. The molecule has 0 spiro atoms. The van der Waals surface area contributed by atoms with Crippen molar-refractivity contribution in [2.75, 3.05) is 0 Å². The Bertz CT molecular complexity index is 1210. The number of hydrogen-bond donors (Lipinski definition) is 1. The molecular formula is C26H23FN2O3. The number of rotatable bonds is 7. The minimum absolute atomic E-state index is 0.122. The lowest BCUT2D eigenvalue weighted by molar-refractivity contribution is 0.0950. The maximum atomic E-state index is 13.7. The highest BCUT2D eigenvalue weighted by atomic mass is 19.1. The van der Waals surface area contributed by atoms with Gasteiger partial charge in [0, 0.05) is 23.2 Å². The number of hydrogen-bond acceptors (Lipinski definition) is 4. The lowest BCUT2D eigenvalue weighted by Gasteiger charge is -2.06. The molecule has 0 saturated carbocycles. The Balaban J connectivity index is 1.39. The summed E-state index contributed by atoms with van der Waals surface area (Å²) >= 11 is 0. The van der Waals surface area contributed by atoms with Gasteiger partial charge in [0.25, 0.3) is 5.91 Å². The van der Waals surface area contributed by atoms with Gasteiger partial charge in [0.2, 0.25) is 5.89 Å². The summed E-state index contributed by atoms with van der Waals surface area (Å²) in [5.74, 6) is 1.28. The molecule has 3 aromatic carbocycles. The number of nitrogens with zero attached hydrogens (tertiary/aromatic N) is 1. The van der Waals surface area contributed by atoms with Crippen LogP contribution in [0.3, 0.4) is 0 Å². The van der Waals surface area contributed by atoms with Crippen molar-refractivity contribution in [2.45, 2.75) is 27.0 Å². The largest absolute Gasteiger partial charge is 0.487 e. The third-order valence-electron chi connectivity index (χ3n) is 5.08. The molecule has 32 heavy (non-hydrogen) atoms. The topological polar surface area (TPSA) is 64.4 Å². The number of nitrogens with one attached hydrogen (secondary N) is 1. The first-order valence-electron chi connectivity index (χ1n) is 10.3. The molecule has 0 atom stereocenters. The highest BCUT2D eigenvalue weighted by molar-refractivity contribution is 5.94. The number of aryl methyl sites for hydroxylation is 2. The molecule has 0 bridgehead atoms. The van der Waals surface area contributed by atoms with Crippen molar-refractivity contribution in [3.63, 3.8) is 0 Å². The second-order valence-electron chi connectivity index (χ2n) is 7.48. The van der Waals surface area contributed by atoms with E-state index in [-0.39, 0.29) is 18.3 Å². The molecule has 1 aromatic heterocycles. The zero-order chi connectivity index (χ0) is 22.5. The minimum Gasteiger partial charge on any atom is -0.487 e. The number of carbonyl (C=O) groups excluding carboxylic acids is 1. The van der Waals surface area contributed by atoms with Crippen molar-refractivity contribution in [1.29, 1.82) is 0 Å². The van der Waals surface area contributed by atoms with E-state index >= 15 is 0 Å². The van der Waals surface area contributed by atoms with Crippen molar-refractivity contribution in [2.24, 2.45) is 0 Å². The molecule has 4 rings (SSSR count). The lowest BCUT2D eigenvalue weighted by atomic mass is 10.1. The number of oxazole rings is 1. The number of aromatic nitrogens is 1. The molecule has 0 aliphatic heterocycles. The van der Waals surface area contributed by atoms with Crippen LogP contribution in [0.4, 0.5) is 4.39 Å². The predicted octanol–water partition coefficient (Wildman–Crippen LogP) is 5.61. The first-order chi connectivity index (χ1) is 15.5. The van der Waals surface area contributed by atoms with Gasteiger partial charge in [-0.2, -0.15) is 0 Å². The molecule has 0 radical (unpaired) electrons. The summed E-state index contributed by atoms with van der Waals surface area (Å²) in [6.07, 6.45) is 0. The monoisotopic (exact) mass is 430 g/mol. The van der Waals surface area contributed by atoms with Gasteiger partial charge in [-0.05, 0) is 56.3 Å². The maximum absolute atomic E-state index is 13.7. The fraction of sp³-hybridized carbons (Fsp3) is 0.154. The van der Waals surface area contributed by atoms with E-state index in [0.717, 1.165) is 11.3 Å². The molecule has 6 heteroatoms. The van der Waals surface area contributed by atoms with Gasteiger partial charge in [-0.15, -0.1) is 0 Å². The molecule has 0 unspecified atom stereocenters. The van der Waals surface area contributed by atoms with Gasteiger partial charge in [-0.1, -0.05) is 35.9 Å². The Hall–Kier alpha value is -3.93. The van der Waals surface area contributed by atoms with Gasteiger partial charge in [0.05, 0.1) is 0 Å². The van der Waals surface area contributed by atoms with E-state index in [0.29, 0.717) is 35.1 Å². The van der Waals surface area contributed by atoms with Crippen molar-refractivity contribution in [1.82, 2.24) is 10.3 Å². The second-order valence-corrected chi connectivity index (χ2v) is 7.48. The summed E-state index contributed by atoms with van der Waals surface area (Å²) in [6, 6.07) is 21.1. The van der Waals surface area contributed by atoms with Crippen LogP contribution < -0.4 is 10.1 Å². The van der Waals surface area contributed by atoms with Crippen molar-refractivity contribution >= 4 is 5.91 Å². The first-order valence-corrected chi connectivity index (χ1v) is 10.3. The van der Waals surface area contributed by atoms with E-state index in [9.17, 15) is 9.18 Å². The Kier molecular flexibility index (Phi) is 6.31. The zero-order valence-electron chi connectivity index (χ0n) is 17.9. The molecule has 162 valence electrons. The Morgan fingerprint density at radius 1 is 1.00 bits per heavy atom. The van der Waals surface area contributed by atoms with Crippen LogP contribution in [0.2, 0.25) is 0 Å². The van der Waals surface area contributed by atoms with E-state index in [2.05, 4.69) is 10.3 Å². The highest BCUT2D eigenvalue weighted by Crippen LogP contribution is 2.23. The number of benzene rings is 3. The highest BCUT2D eigenvalue weighted by Gasteiger charge is 2.13. The molecule has 5 nitrogen and oxygen atoms in total. The molecule has 0 aliphatic rings. The normalized spacial score (nSPS) is 10.7. The first kappa shape index (κ1) is 21.3. The van der Waals surface area contributed by atoms with Gasteiger partial charge in [-0.25, -0.2) is 9.37 Å². The van der Waals surface area contributed by atoms with Gasteiger partial charge in [0.15, 0.2) is 0 Å². The second kappa shape index (κ2) is 9.47. The summed E-state index contributed by atoms with van der Waals surface area (Å²) < 4.78 is 25.3. The Morgan fingerprint density at radius 2 is 1.72 bits per heavy atom. The van der Waals surface area contributed by atoms with Crippen LogP contribution >= 0.6 is 0 Å². The summed E-state index contributed by atoms with van der Waals surface area (Å²) in [6.45, 7) is 4.29. The van der Waals surface area contributed by atoms with E-state index in [1.54, 1.807) is 42.5 Å². The lowest BCUT2D eigenvalue weighted by Crippen LogP contribution is -2.23. The number of halogens is 1. The van der Waals surface area contributed by atoms with Crippen LogP contribution in [0.15, 0.2) is 77.2 Å². The van der Waals surface area contributed by atoms with E-state index < -0.39 is 0 Å². The summed E-state index contributed by atoms with van der Waals surface area (Å²) in [5, 5.41) is 2.73. The standard InChI is InChI=1S/C26H23FN2O3/c1-17-7-13-22(14-8-17)31-16-24-18(2)32-26(29-24)20-11-9-19(10-12-20)25(30)28-15-21-5-3-4-6-23(21)27/h3-14H,15-16H2,1-2H3,(H,28,30). The molecule has 0 saturated heterocycles. The Labute approximate surface area is 185 Å². The molecular weight excluding hydrogens is 407 g/mol. The average molecular weight is 430 g/mol. The number of amides is 1. The number of carbonyl (C=O) groups is 1. The predicted molar refractivity (Wildman–Crippen MR) is 120 cm³/mol. The van der Waals surface area contributed by atoms with Gasteiger partial charge in [-0.3, -0.25) is 4.79 Å². The fourth-order valence-electron chi connectivity index (χ4n) is 3.16. The van der Waals surface area contributed by atoms with Crippen LogP contribution in [-0.2, 0) is 13.2 Å². The van der Waals surface area contributed by atoms with Crippen LogP contribution in [0.1, 0.15) is 32.9 Å². The van der Waals surface area contributed by atoms with Crippen LogP contribution in [0, 0.1) is 19.7 Å². The van der Waals surface area contributed by atoms with Crippen LogP contribution in [0.5, 0.6) is 5.75 Å². The number of ether oxygens (including phenoxy) is 1. The third-order valence-corrected chi connectivity index (χ3v) is 5.08. The van der Waals surface area contributed by atoms with Gasteiger partial charge in [0.1, 0.15) is 29.6 Å². The third kappa shape index (κ3) is 5.03. The molecule has 0 fully saturated rings. The maximum Gasteiger partial charge on any atom is 0.251 e. The molecule has 1 amide bonds. The quantitative estimate of drug-likeness (QED) is 0.414. The summed E-state index contributed by atoms with van der Waals surface area (Å²) in [5.41, 5.74) is 3.54. The van der Waals surface area contributed by atoms with Crippen LogP contribution in [0.25, 0.3) is 11.5 Å². The fourth-order valence-corrected chi connectivity index (χ4v) is 3.16. The molecule has 1 N–H and O–H groups in total.